The number of hydrogen-bond acceptors (Lipinski definition) is 3. The van der Waals surface area contributed by atoms with Gasteiger partial charge in [-0.2, -0.15) is 5.10 Å². The fraction of sp³-hybridized carbons (Fsp3) is 0.474. The zero-order valence-corrected chi connectivity index (χ0v) is 15.2. The van der Waals surface area contributed by atoms with E-state index in [1.54, 1.807) is 6.20 Å². The van der Waals surface area contributed by atoms with Crippen LogP contribution in [-0.4, -0.2) is 22.3 Å². The molecule has 1 amide bonds. The molecule has 0 radical (unpaired) electrons. The van der Waals surface area contributed by atoms with Gasteiger partial charge in [-0.3, -0.25) is 9.48 Å². The topological polar surface area (TPSA) is 56.1 Å². The summed E-state index contributed by atoms with van der Waals surface area (Å²) in [6, 6.07) is 9.88. The third-order valence-corrected chi connectivity index (χ3v) is 4.28. The maximum atomic E-state index is 12.6. The molecular weight excluding hydrogens is 302 g/mol. The number of aryl methyl sites for hydroxylation is 1. The molecular formula is C19H27N3O2. The summed E-state index contributed by atoms with van der Waals surface area (Å²) < 4.78 is 7.56. The van der Waals surface area contributed by atoms with E-state index in [0.29, 0.717) is 13.2 Å². The Morgan fingerprint density at radius 1 is 1.33 bits per heavy atom. The van der Waals surface area contributed by atoms with Crippen LogP contribution in [0.3, 0.4) is 0 Å². The molecule has 0 aliphatic carbocycles. The molecule has 0 saturated heterocycles. The van der Waals surface area contributed by atoms with E-state index in [-0.39, 0.29) is 11.9 Å². The number of amides is 1. The molecule has 0 unspecified atom stereocenters. The van der Waals surface area contributed by atoms with Crippen LogP contribution in [0.5, 0.6) is 0 Å². The first-order chi connectivity index (χ1) is 11.3. The second kappa shape index (κ2) is 7.62. The quantitative estimate of drug-likeness (QED) is 0.849. The molecule has 5 nitrogen and oxygen atoms in total. The summed E-state index contributed by atoms with van der Waals surface area (Å²) >= 11 is 0. The SMILES string of the molecule is Cc1c([C@H](C)NC(=O)C(C)(C)COCc2ccccc2)cnn1C. The van der Waals surface area contributed by atoms with Crippen molar-refractivity contribution in [3.05, 3.63) is 53.3 Å². The summed E-state index contributed by atoms with van der Waals surface area (Å²) in [7, 11) is 1.90. The lowest BCUT2D eigenvalue weighted by Crippen LogP contribution is -2.41. The van der Waals surface area contributed by atoms with Crippen LogP contribution < -0.4 is 5.32 Å². The molecule has 1 atom stereocenters. The first kappa shape index (κ1) is 18.2. The third-order valence-electron chi connectivity index (χ3n) is 4.28. The van der Waals surface area contributed by atoms with Crippen molar-refractivity contribution in [1.82, 2.24) is 15.1 Å². The van der Waals surface area contributed by atoms with Crippen molar-refractivity contribution in [3.63, 3.8) is 0 Å². The van der Waals surface area contributed by atoms with Crippen LogP contribution in [0.25, 0.3) is 0 Å². The van der Waals surface area contributed by atoms with E-state index >= 15 is 0 Å². The van der Waals surface area contributed by atoms with Crippen molar-refractivity contribution in [2.45, 2.75) is 40.3 Å². The Labute approximate surface area is 144 Å². The first-order valence-electron chi connectivity index (χ1n) is 8.22. The van der Waals surface area contributed by atoms with Gasteiger partial charge in [0.15, 0.2) is 0 Å². The van der Waals surface area contributed by atoms with Gasteiger partial charge >= 0.3 is 0 Å². The smallest absolute Gasteiger partial charge is 0.228 e. The highest BCUT2D eigenvalue weighted by atomic mass is 16.5. The number of nitrogens with zero attached hydrogens (tertiary/aromatic N) is 2. The largest absolute Gasteiger partial charge is 0.376 e. The Balaban J connectivity index is 1.88. The van der Waals surface area contributed by atoms with Gasteiger partial charge in [0, 0.05) is 18.3 Å². The van der Waals surface area contributed by atoms with E-state index in [0.717, 1.165) is 16.8 Å². The summed E-state index contributed by atoms with van der Waals surface area (Å²) in [5.41, 5.74) is 2.60. The zero-order chi connectivity index (χ0) is 17.7. The van der Waals surface area contributed by atoms with E-state index < -0.39 is 5.41 Å². The van der Waals surface area contributed by atoms with Gasteiger partial charge in [-0.05, 0) is 33.3 Å². The van der Waals surface area contributed by atoms with Gasteiger partial charge in [-0.25, -0.2) is 0 Å². The maximum absolute atomic E-state index is 12.6. The van der Waals surface area contributed by atoms with Gasteiger partial charge < -0.3 is 10.1 Å². The molecule has 2 rings (SSSR count). The predicted octanol–water partition coefficient (Wildman–Crippen LogP) is 3.15. The fourth-order valence-corrected chi connectivity index (χ4v) is 2.47. The molecule has 1 N–H and O–H groups in total. The van der Waals surface area contributed by atoms with Crippen molar-refractivity contribution in [3.8, 4) is 0 Å². The van der Waals surface area contributed by atoms with E-state index in [9.17, 15) is 4.79 Å². The Kier molecular flexibility index (Phi) is 5.78. The second-order valence-electron chi connectivity index (χ2n) is 6.87. The number of carbonyl (C=O) groups is 1. The van der Waals surface area contributed by atoms with Crippen LogP contribution in [0.2, 0.25) is 0 Å². The molecule has 5 heteroatoms. The van der Waals surface area contributed by atoms with E-state index in [1.807, 2.05) is 69.8 Å². The normalized spacial score (nSPS) is 12.9. The fourth-order valence-electron chi connectivity index (χ4n) is 2.47. The lowest BCUT2D eigenvalue weighted by Gasteiger charge is -2.26. The molecule has 1 aromatic heterocycles. The minimum absolute atomic E-state index is 0.0219. The molecule has 0 spiro atoms. The molecule has 2 aromatic rings. The van der Waals surface area contributed by atoms with Crippen molar-refractivity contribution in [1.29, 1.82) is 0 Å². The van der Waals surface area contributed by atoms with Crippen LogP contribution >= 0.6 is 0 Å². The summed E-state index contributed by atoms with van der Waals surface area (Å²) in [6.07, 6.45) is 1.80. The molecule has 0 bridgehead atoms. The summed E-state index contributed by atoms with van der Waals surface area (Å²) in [6.45, 7) is 8.65. The van der Waals surface area contributed by atoms with Crippen molar-refractivity contribution >= 4 is 5.91 Å². The molecule has 1 aromatic carbocycles. The molecule has 130 valence electrons. The average molecular weight is 329 g/mol. The van der Waals surface area contributed by atoms with Gasteiger partial charge in [0.05, 0.1) is 30.9 Å². The molecule has 0 aliphatic rings. The Morgan fingerprint density at radius 3 is 2.58 bits per heavy atom. The van der Waals surface area contributed by atoms with Crippen molar-refractivity contribution in [2.24, 2.45) is 12.5 Å². The van der Waals surface area contributed by atoms with Crippen molar-refractivity contribution in [2.75, 3.05) is 6.61 Å². The number of ether oxygens (including phenoxy) is 1. The number of nitrogens with one attached hydrogen (secondary N) is 1. The van der Waals surface area contributed by atoms with Gasteiger partial charge in [0.25, 0.3) is 0 Å². The number of carbonyl (C=O) groups excluding carboxylic acids is 1. The summed E-state index contributed by atoms with van der Waals surface area (Å²) in [5, 5.41) is 7.30. The maximum Gasteiger partial charge on any atom is 0.228 e. The molecule has 0 saturated carbocycles. The average Bonchev–Trinajstić information content (AvgIpc) is 2.87. The minimum Gasteiger partial charge on any atom is -0.376 e. The number of hydrogen-bond donors (Lipinski definition) is 1. The lowest BCUT2D eigenvalue weighted by molar-refractivity contribution is -0.133. The van der Waals surface area contributed by atoms with Crippen LogP contribution in [0.15, 0.2) is 36.5 Å². The molecule has 1 heterocycles. The lowest BCUT2D eigenvalue weighted by atomic mass is 9.92. The second-order valence-corrected chi connectivity index (χ2v) is 6.87. The summed E-state index contributed by atoms with van der Waals surface area (Å²) in [4.78, 5) is 12.6. The van der Waals surface area contributed by atoms with Gasteiger partial charge in [0.1, 0.15) is 0 Å². The highest BCUT2D eigenvalue weighted by Crippen LogP contribution is 2.21. The third kappa shape index (κ3) is 4.45. The number of rotatable bonds is 7. The van der Waals surface area contributed by atoms with Gasteiger partial charge in [0.2, 0.25) is 5.91 Å². The number of benzene rings is 1. The van der Waals surface area contributed by atoms with E-state index in [2.05, 4.69) is 10.4 Å². The van der Waals surface area contributed by atoms with E-state index in [1.165, 1.54) is 0 Å². The van der Waals surface area contributed by atoms with Crippen molar-refractivity contribution < 1.29 is 9.53 Å². The minimum atomic E-state index is -0.598. The summed E-state index contributed by atoms with van der Waals surface area (Å²) in [5.74, 6) is -0.0219. The van der Waals surface area contributed by atoms with Crippen LogP contribution in [0.4, 0.5) is 0 Å². The monoisotopic (exact) mass is 329 g/mol. The van der Waals surface area contributed by atoms with Gasteiger partial charge in [-0.1, -0.05) is 30.3 Å². The van der Waals surface area contributed by atoms with E-state index in [4.69, 9.17) is 4.74 Å². The molecule has 0 fully saturated rings. The first-order valence-corrected chi connectivity index (χ1v) is 8.22. The van der Waals surface area contributed by atoms with Crippen LogP contribution in [0.1, 0.15) is 43.6 Å². The number of aromatic nitrogens is 2. The van der Waals surface area contributed by atoms with Crippen LogP contribution in [0, 0.1) is 12.3 Å². The Morgan fingerprint density at radius 2 is 2.00 bits per heavy atom. The zero-order valence-electron chi connectivity index (χ0n) is 15.2. The Hall–Kier alpha value is -2.14. The predicted molar refractivity (Wildman–Crippen MR) is 94.4 cm³/mol. The Bertz CT molecular complexity index is 677. The molecule has 0 aliphatic heterocycles. The standard InChI is InChI=1S/C19H27N3O2/c1-14(17-11-20-22(5)15(17)2)21-18(23)19(3,4)13-24-12-16-9-7-6-8-10-16/h6-11,14H,12-13H2,1-5H3,(H,21,23)/t14-/m0/s1. The van der Waals surface area contributed by atoms with Gasteiger partial charge in [-0.15, -0.1) is 0 Å². The molecule has 24 heavy (non-hydrogen) atoms. The highest BCUT2D eigenvalue weighted by Gasteiger charge is 2.29. The highest BCUT2D eigenvalue weighted by molar-refractivity contribution is 5.82. The van der Waals surface area contributed by atoms with Crippen LogP contribution in [-0.2, 0) is 23.2 Å².